The number of phenolic OH excluding ortho intramolecular Hbond substituents is 1. The summed E-state index contributed by atoms with van der Waals surface area (Å²) in [4.78, 5) is 0. The summed E-state index contributed by atoms with van der Waals surface area (Å²) in [6.45, 7) is 0. The van der Waals surface area contributed by atoms with E-state index in [1.54, 1.807) is 18.3 Å². The summed E-state index contributed by atoms with van der Waals surface area (Å²) in [5.41, 5.74) is 1.58. The molecule has 72 valence electrons. The van der Waals surface area contributed by atoms with Gasteiger partial charge in [-0.1, -0.05) is 18.2 Å². The van der Waals surface area contributed by atoms with Gasteiger partial charge in [0.25, 0.3) is 0 Å². The SMILES string of the molecule is Oc1ccc2cccc3c2c1C=CN=N3. The van der Waals surface area contributed by atoms with Gasteiger partial charge in [-0.3, -0.25) is 0 Å². The predicted octanol–water partition coefficient (Wildman–Crippen LogP) is 3.61. The molecule has 3 heteroatoms. The Bertz CT molecular complexity index is 600. The van der Waals surface area contributed by atoms with Crippen LogP contribution in [0.4, 0.5) is 5.69 Å². The summed E-state index contributed by atoms with van der Waals surface area (Å²) in [5, 5.41) is 19.7. The van der Waals surface area contributed by atoms with Crippen molar-refractivity contribution in [3.63, 3.8) is 0 Å². The topological polar surface area (TPSA) is 45.0 Å². The molecule has 2 aromatic rings. The Labute approximate surface area is 86.4 Å². The van der Waals surface area contributed by atoms with E-state index in [-0.39, 0.29) is 5.75 Å². The summed E-state index contributed by atoms with van der Waals surface area (Å²) < 4.78 is 0. The van der Waals surface area contributed by atoms with Crippen molar-refractivity contribution >= 4 is 22.5 Å². The molecule has 0 saturated heterocycles. The molecule has 0 bridgehead atoms. The number of hydrogen-bond donors (Lipinski definition) is 1. The molecular weight excluding hydrogens is 188 g/mol. The molecule has 0 radical (unpaired) electrons. The monoisotopic (exact) mass is 196 g/mol. The molecule has 0 spiro atoms. The normalized spacial score (nSPS) is 13.1. The molecule has 0 atom stereocenters. The van der Waals surface area contributed by atoms with Gasteiger partial charge in [0.05, 0.1) is 11.9 Å². The summed E-state index contributed by atoms with van der Waals surface area (Å²) in [6, 6.07) is 9.39. The van der Waals surface area contributed by atoms with Crippen LogP contribution in [0.2, 0.25) is 0 Å². The van der Waals surface area contributed by atoms with Crippen LogP contribution in [0.3, 0.4) is 0 Å². The smallest absolute Gasteiger partial charge is 0.123 e. The van der Waals surface area contributed by atoms with E-state index in [1.807, 2.05) is 24.3 Å². The Hall–Kier alpha value is -2.16. The average molecular weight is 196 g/mol. The number of aromatic hydroxyl groups is 1. The van der Waals surface area contributed by atoms with Crippen LogP contribution < -0.4 is 0 Å². The quantitative estimate of drug-likeness (QED) is 0.687. The van der Waals surface area contributed by atoms with Crippen LogP contribution in [0.15, 0.2) is 46.8 Å². The van der Waals surface area contributed by atoms with Crippen LogP contribution >= 0.6 is 0 Å². The Kier molecular flexibility index (Phi) is 1.59. The van der Waals surface area contributed by atoms with Crippen LogP contribution in [-0.2, 0) is 0 Å². The molecule has 3 nitrogen and oxygen atoms in total. The summed E-state index contributed by atoms with van der Waals surface area (Å²) in [7, 11) is 0. The fourth-order valence-electron chi connectivity index (χ4n) is 1.83. The lowest BCUT2D eigenvalue weighted by atomic mass is 10.0. The van der Waals surface area contributed by atoms with Crippen LogP contribution in [0.25, 0.3) is 16.8 Å². The summed E-state index contributed by atoms with van der Waals surface area (Å²) in [5.74, 6) is 0.263. The number of phenols is 1. The minimum absolute atomic E-state index is 0.263. The van der Waals surface area contributed by atoms with E-state index in [1.165, 1.54) is 0 Å². The van der Waals surface area contributed by atoms with Crippen molar-refractivity contribution < 1.29 is 5.11 Å². The average Bonchev–Trinajstić information content (AvgIpc) is 2.48. The Morgan fingerprint density at radius 2 is 2.00 bits per heavy atom. The predicted molar refractivity (Wildman–Crippen MR) is 59.2 cm³/mol. The molecule has 15 heavy (non-hydrogen) atoms. The third-order valence-corrected chi connectivity index (χ3v) is 2.51. The van der Waals surface area contributed by atoms with Gasteiger partial charge in [-0.05, 0) is 23.6 Å². The first-order valence-electron chi connectivity index (χ1n) is 4.68. The molecule has 0 aliphatic carbocycles. The van der Waals surface area contributed by atoms with Crippen molar-refractivity contribution in [2.24, 2.45) is 10.2 Å². The van der Waals surface area contributed by atoms with Crippen molar-refractivity contribution in [1.29, 1.82) is 0 Å². The molecule has 1 N–H and O–H groups in total. The standard InChI is InChI=1S/C12H8N2O/c15-11-5-4-8-2-1-3-10-12(8)9(11)6-7-13-14-10/h1-7,15H. The molecule has 0 saturated carbocycles. The maximum absolute atomic E-state index is 9.76. The number of nitrogens with zero attached hydrogens (tertiary/aromatic N) is 2. The van der Waals surface area contributed by atoms with Gasteiger partial charge in [0.2, 0.25) is 0 Å². The number of azo groups is 1. The molecule has 1 heterocycles. The lowest BCUT2D eigenvalue weighted by Gasteiger charge is -2.05. The van der Waals surface area contributed by atoms with Gasteiger partial charge < -0.3 is 5.11 Å². The van der Waals surface area contributed by atoms with Crippen molar-refractivity contribution in [2.45, 2.75) is 0 Å². The second-order valence-corrected chi connectivity index (χ2v) is 3.40. The van der Waals surface area contributed by atoms with Gasteiger partial charge in [-0.2, -0.15) is 10.2 Å². The van der Waals surface area contributed by atoms with Crippen LogP contribution in [0, 0.1) is 0 Å². The van der Waals surface area contributed by atoms with E-state index in [0.29, 0.717) is 0 Å². The molecule has 0 fully saturated rings. The van der Waals surface area contributed by atoms with E-state index in [9.17, 15) is 5.11 Å². The molecule has 3 rings (SSSR count). The third kappa shape index (κ3) is 1.13. The van der Waals surface area contributed by atoms with Gasteiger partial charge in [0.15, 0.2) is 0 Å². The zero-order valence-electron chi connectivity index (χ0n) is 7.88. The molecule has 1 aliphatic heterocycles. The molecule has 1 aliphatic rings. The van der Waals surface area contributed by atoms with Crippen molar-refractivity contribution in [3.8, 4) is 5.75 Å². The highest BCUT2D eigenvalue weighted by Crippen LogP contribution is 2.36. The largest absolute Gasteiger partial charge is 0.507 e. The maximum Gasteiger partial charge on any atom is 0.123 e. The lowest BCUT2D eigenvalue weighted by molar-refractivity contribution is 0.475. The third-order valence-electron chi connectivity index (χ3n) is 2.51. The van der Waals surface area contributed by atoms with E-state index < -0.39 is 0 Å². The lowest BCUT2D eigenvalue weighted by Crippen LogP contribution is -1.79. The molecule has 2 aromatic carbocycles. The maximum atomic E-state index is 9.76. The highest BCUT2D eigenvalue weighted by Gasteiger charge is 2.09. The van der Waals surface area contributed by atoms with E-state index in [2.05, 4.69) is 10.2 Å². The van der Waals surface area contributed by atoms with E-state index >= 15 is 0 Å². The van der Waals surface area contributed by atoms with Gasteiger partial charge in [-0.15, -0.1) is 0 Å². The molecule has 0 unspecified atom stereocenters. The fraction of sp³-hybridized carbons (Fsp3) is 0. The molecular formula is C12H8N2O. The van der Waals surface area contributed by atoms with Crippen molar-refractivity contribution in [1.82, 2.24) is 0 Å². The number of rotatable bonds is 0. The van der Waals surface area contributed by atoms with Gasteiger partial charge in [0, 0.05) is 10.9 Å². The van der Waals surface area contributed by atoms with Gasteiger partial charge >= 0.3 is 0 Å². The zero-order valence-corrected chi connectivity index (χ0v) is 7.88. The highest BCUT2D eigenvalue weighted by atomic mass is 16.3. The second kappa shape index (κ2) is 2.92. The Morgan fingerprint density at radius 3 is 2.93 bits per heavy atom. The van der Waals surface area contributed by atoms with Gasteiger partial charge in [-0.25, -0.2) is 0 Å². The Balaban J connectivity index is 2.57. The first-order valence-corrected chi connectivity index (χ1v) is 4.68. The summed E-state index contributed by atoms with van der Waals surface area (Å²) >= 11 is 0. The van der Waals surface area contributed by atoms with Crippen LogP contribution in [-0.4, -0.2) is 5.11 Å². The first kappa shape index (κ1) is 8.17. The minimum atomic E-state index is 0.263. The number of benzene rings is 2. The van der Waals surface area contributed by atoms with Crippen LogP contribution in [0.5, 0.6) is 5.75 Å². The minimum Gasteiger partial charge on any atom is -0.507 e. The van der Waals surface area contributed by atoms with E-state index in [4.69, 9.17) is 0 Å². The Morgan fingerprint density at radius 1 is 1.07 bits per heavy atom. The number of hydrogen-bond acceptors (Lipinski definition) is 3. The molecule has 0 aromatic heterocycles. The van der Waals surface area contributed by atoms with Crippen LogP contribution in [0.1, 0.15) is 5.56 Å². The zero-order chi connectivity index (χ0) is 10.3. The second-order valence-electron chi connectivity index (χ2n) is 3.40. The summed E-state index contributed by atoms with van der Waals surface area (Å²) in [6.07, 6.45) is 3.37. The van der Waals surface area contributed by atoms with Crippen molar-refractivity contribution in [2.75, 3.05) is 0 Å². The van der Waals surface area contributed by atoms with E-state index in [0.717, 1.165) is 22.0 Å². The fourth-order valence-corrected chi connectivity index (χ4v) is 1.83. The van der Waals surface area contributed by atoms with Gasteiger partial charge in [0.1, 0.15) is 5.75 Å². The highest BCUT2D eigenvalue weighted by molar-refractivity contribution is 6.00. The molecule has 0 amide bonds. The first-order chi connectivity index (χ1) is 7.36. The van der Waals surface area contributed by atoms with Crippen molar-refractivity contribution in [3.05, 3.63) is 42.1 Å².